The minimum absolute atomic E-state index is 0.0624. The first-order valence-electron chi connectivity index (χ1n) is 6.91. The van der Waals surface area contributed by atoms with E-state index in [1.54, 1.807) is 6.20 Å². The van der Waals surface area contributed by atoms with E-state index >= 15 is 0 Å². The van der Waals surface area contributed by atoms with E-state index in [9.17, 15) is 4.79 Å². The van der Waals surface area contributed by atoms with E-state index in [1.807, 2.05) is 26.1 Å². The fourth-order valence-electron chi connectivity index (χ4n) is 1.69. The number of pyridine rings is 1. The molecule has 0 bridgehead atoms. The van der Waals surface area contributed by atoms with Crippen molar-refractivity contribution in [2.24, 2.45) is 5.92 Å². The molecule has 1 unspecified atom stereocenters. The zero-order chi connectivity index (χ0) is 14.3. The van der Waals surface area contributed by atoms with Gasteiger partial charge in [-0.2, -0.15) is 0 Å². The minimum atomic E-state index is -0.181. The first-order valence-corrected chi connectivity index (χ1v) is 6.91. The molecule has 0 radical (unpaired) electrons. The van der Waals surface area contributed by atoms with Gasteiger partial charge in [-0.3, -0.25) is 9.78 Å². The highest BCUT2D eigenvalue weighted by Crippen LogP contribution is 2.04. The smallest absolute Gasteiger partial charge is 0.236 e. The van der Waals surface area contributed by atoms with Gasteiger partial charge in [-0.05, 0) is 43.4 Å². The van der Waals surface area contributed by atoms with E-state index in [0.717, 1.165) is 18.5 Å². The Kier molecular flexibility index (Phi) is 6.50. The summed E-state index contributed by atoms with van der Waals surface area (Å²) >= 11 is 0. The number of carbonyl (C=O) groups is 1. The average molecular weight is 263 g/mol. The van der Waals surface area contributed by atoms with Gasteiger partial charge in [-0.15, -0.1) is 0 Å². The number of amides is 1. The van der Waals surface area contributed by atoms with Crippen LogP contribution in [-0.2, 0) is 11.3 Å². The lowest BCUT2D eigenvalue weighted by Crippen LogP contribution is -2.42. The van der Waals surface area contributed by atoms with Crippen LogP contribution in [-0.4, -0.2) is 23.5 Å². The molecule has 106 valence electrons. The fourth-order valence-corrected chi connectivity index (χ4v) is 1.69. The molecule has 1 aromatic heterocycles. The summed E-state index contributed by atoms with van der Waals surface area (Å²) in [4.78, 5) is 15.9. The summed E-state index contributed by atoms with van der Waals surface area (Å²) in [5.74, 6) is 0.676. The third-order valence-corrected chi connectivity index (χ3v) is 3.15. The standard InChI is InChI=1S/C15H25N3O/c1-11(2)5-8-17-15(19)13(4)18-10-14-6-7-16-9-12(14)3/h6-7,9,11,13,18H,5,8,10H2,1-4H3,(H,17,19). The van der Waals surface area contributed by atoms with Gasteiger partial charge in [0, 0.05) is 25.5 Å². The molecule has 0 saturated carbocycles. The van der Waals surface area contributed by atoms with Crippen molar-refractivity contribution in [3.05, 3.63) is 29.6 Å². The molecule has 1 aromatic rings. The van der Waals surface area contributed by atoms with Gasteiger partial charge < -0.3 is 10.6 Å². The number of nitrogens with zero attached hydrogens (tertiary/aromatic N) is 1. The lowest BCUT2D eigenvalue weighted by Gasteiger charge is -2.15. The largest absolute Gasteiger partial charge is 0.355 e. The molecule has 4 heteroatoms. The van der Waals surface area contributed by atoms with Crippen molar-refractivity contribution in [1.29, 1.82) is 0 Å². The van der Waals surface area contributed by atoms with E-state index in [0.29, 0.717) is 12.5 Å². The first kappa shape index (κ1) is 15.6. The van der Waals surface area contributed by atoms with Gasteiger partial charge in [0.25, 0.3) is 0 Å². The Bertz CT molecular complexity index is 404. The maximum Gasteiger partial charge on any atom is 0.236 e. The van der Waals surface area contributed by atoms with Gasteiger partial charge in [0.1, 0.15) is 0 Å². The van der Waals surface area contributed by atoms with E-state index < -0.39 is 0 Å². The van der Waals surface area contributed by atoms with Gasteiger partial charge in [0.15, 0.2) is 0 Å². The molecule has 19 heavy (non-hydrogen) atoms. The van der Waals surface area contributed by atoms with Gasteiger partial charge in [0.05, 0.1) is 6.04 Å². The summed E-state index contributed by atoms with van der Waals surface area (Å²) in [5.41, 5.74) is 2.32. The SMILES string of the molecule is Cc1cnccc1CNC(C)C(=O)NCCC(C)C. The number of carbonyl (C=O) groups excluding carboxylic acids is 1. The van der Waals surface area contributed by atoms with Crippen molar-refractivity contribution in [2.75, 3.05) is 6.54 Å². The Labute approximate surface area is 116 Å². The Balaban J connectivity index is 2.32. The van der Waals surface area contributed by atoms with Crippen LogP contribution in [0, 0.1) is 12.8 Å². The highest BCUT2D eigenvalue weighted by atomic mass is 16.2. The van der Waals surface area contributed by atoms with Crippen LogP contribution in [0.5, 0.6) is 0 Å². The lowest BCUT2D eigenvalue weighted by molar-refractivity contribution is -0.122. The fraction of sp³-hybridized carbons (Fsp3) is 0.600. The lowest BCUT2D eigenvalue weighted by atomic mass is 10.1. The van der Waals surface area contributed by atoms with E-state index in [1.165, 1.54) is 5.56 Å². The Morgan fingerprint density at radius 1 is 1.37 bits per heavy atom. The normalized spacial score (nSPS) is 12.5. The molecule has 4 nitrogen and oxygen atoms in total. The number of aromatic nitrogens is 1. The summed E-state index contributed by atoms with van der Waals surface area (Å²) in [6.45, 7) is 9.66. The quantitative estimate of drug-likeness (QED) is 0.791. The third kappa shape index (κ3) is 5.83. The summed E-state index contributed by atoms with van der Waals surface area (Å²) < 4.78 is 0. The van der Waals surface area contributed by atoms with Crippen LogP contribution in [0.2, 0.25) is 0 Å². The second-order valence-electron chi connectivity index (χ2n) is 5.38. The zero-order valence-corrected chi connectivity index (χ0v) is 12.4. The van der Waals surface area contributed by atoms with Crippen molar-refractivity contribution in [2.45, 2.75) is 46.7 Å². The predicted octanol–water partition coefficient (Wildman–Crippen LogP) is 2.03. The molecule has 1 rings (SSSR count). The van der Waals surface area contributed by atoms with Crippen molar-refractivity contribution in [1.82, 2.24) is 15.6 Å². The Morgan fingerprint density at radius 2 is 2.11 bits per heavy atom. The molecule has 0 aromatic carbocycles. The van der Waals surface area contributed by atoms with E-state index in [2.05, 4.69) is 29.5 Å². The topological polar surface area (TPSA) is 54.0 Å². The van der Waals surface area contributed by atoms with E-state index in [4.69, 9.17) is 0 Å². The third-order valence-electron chi connectivity index (χ3n) is 3.15. The van der Waals surface area contributed by atoms with Crippen molar-refractivity contribution >= 4 is 5.91 Å². The number of hydrogen-bond donors (Lipinski definition) is 2. The second-order valence-corrected chi connectivity index (χ2v) is 5.38. The maximum atomic E-state index is 11.8. The van der Waals surface area contributed by atoms with Gasteiger partial charge >= 0.3 is 0 Å². The van der Waals surface area contributed by atoms with E-state index in [-0.39, 0.29) is 11.9 Å². The monoisotopic (exact) mass is 263 g/mol. The summed E-state index contributed by atoms with van der Waals surface area (Å²) in [6.07, 6.45) is 4.63. The molecule has 0 saturated heterocycles. The summed E-state index contributed by atoms with van der Waals surface area (Å²) in [5, 5.41) is 6.19. The van der Waals surface area contributed by atoms with Gasteiger partial charge in [-0.1, -0.05) is 13.8 Å². The predicted molar refractivity (Wildman–Crippen MR) is 77.7 cm³/mol. The van der Waals surface area contributed by atoms with Crippen LogP contribution >= 0.6 is 0 Å². The molecule has 0 aliphatic heterocycles. The van der Waals surface area contributed by atoms with Crippen molar-refractivity contribution < 1.29 is 4.79 Å². The molecule has 2 N–H and O–H groups in total. The second kappa shape index (κ2) is 7.89. The van der Waals surface area contributed by atoms with Gasteiger partial charge in [0.2, 0.25) is 5.91 Å². The highest BCUT2D eigenvalue weighted by Gasteiger charge is 2.11. The van der Waals surface area contributed by atoms with Crippen LogP contribution in [0.25, 0.3) is 0 Å². The van der Waals surface area contributed by atoms with Crippen LogP contribution < -0.4 is 10.6 Å². The number of aryl methyl sites for hydroxylation is 1. The maximum absolute atomic E-state index is 11.8. The molecule has 1 amide bonds. The molecule has 0 aliphatic carbocycles. The average Bonchev–Trinajstić information content (AvgIpc) is 2.36. The molecule has 0 spiro atoms. The molecule has 1 heterocycles. The summed E-state index contributed by atoms with van der Waals surface area (Å²) in [6, 6.07) is 1.80. The number of rotatable bonds is 7. The van der Waals surface area contributed by atoms with Crippen LogP contribution in [0.4, 0.5) is 0 Å². The molecule has 0 fully saturated rings. The molecular weight excluding hydrogens is 238 g/mol. The zero-order valence-electron chi connectivity index (χ0n) is 12.4. The Morgan fingerprint density at radius 3 is 2.74 bits per heavy atom. The van der Waals surface area contributed by atoms with Gasteiger partial charge in [-0.25, -0.2) is 0 Å². The van der Waals surface area contributed by atoms with Crippen LogP contribution in [0.3, 0.4) is 0 Å². The van der Waals surface area contributed by atoms with Crippen molar-refractivity contribution in [3.63, 3.8) is 0 Å². The minimum Gasteiger partial charge on any atom is -0.355 e. The first-order chi connectivity index (χ1) is 9.00. The number of nitrogens with one attached hydrogen (secondary N) is 2. The van der Waals surface area contributed by atoms with Crippen molar-refractivity contribution in [3.8, 4) is 0 Å². The highest BCUT2D eigenvalue weighted by molar-refractivity contribution is 5.81. The van der Waals surface area contributed by atoms with Crippen LogP contribution in [0.1, 0.15) is 38.3 Å². The number of hydrogen-bond acceptors (Lipinski definition) is 3. The molecular formula is C15H25N3O. The Hall–Kier alpha value is -1.42. The molecule has 0 aliphatic rings. The van der Waals surface area contributed by atoms with Crippen LogP contribution in [0.15, 0.2) is 18.5 Å². The summed E-state index contributed by atoms with van der Waals surface area (Å²) in [7, 11) is 0. The molecule has 1 atom stereocenters.